The van der Waals surface area contributed by atoms with Crippen LogP contribution in [0.3, 0.4) is 0 Å². The van der Waals surface area contributed by atoms with Crippen LogP contribution in [0.25, 0.3) is 0 Å². The van der Waals surface area contributed by atoms with Crippen molar-refractivity contribution in [3.8, 4) is 5.75 Å². The lowest BCUT2D eigenvalue weighted by Gasteiger charge is -2.35. The molecule has 0 aromatic heterocycles. The maximum atomic E-state index is 13.6. The fraction of sp³-hybridized carbons (Fsp3) is 0.231. The molecule has 3 aromatic rings. The minimum atomic E-state index is -3.98. The van der Waals surface area contributed by atoms with Crippen molar-refractivity contribution in [2.45, 2.75) is 31.8 Å². The average Bonchev–Trinajstić information content (AvgIpc) is 2.84. The van der Waals surface area contributed by atoms with Gasteiger partial charge in [0.25, 0.3) is 15.9 Å². The second kappa shape index (κ2) is 9.79. The van der Waals surface area contributed by atoms with Gasteiger partial charge in [0.2, 0.25) is 0 Å². The maximum absolute atomic E-state index is 13.6. The summed E-state index contributed by atoms with van der Waals surface area (Å²) in [4.78, 5) is 25.6. The second-order valence-electron chi connectivity index (χ2n) is 8.18. The number of ether oxygens (including phenoxy) is 2. The van der Waals surface area contributed by atoms with Crippen LogP contribution in [0.15, 0.2) is 71.6 Å². The number of esters is 1. The van der Waals surface area contributed by atoms with E-state index in [9.17, 15) is 18.0 Å². The fourth-order valence-corrected chi connectivity index (χ4v) is 5.22. The van der Waals surface area contributed by atoms with Crippen molar-refractivity contribution in [1.29, 1.82) is 0 Å². The van der Waals surface area contributed by atoms with E-state index in [1.807, 2.05) is 13.8 Å². The van der Waals surface area contributed by atoms with Crippen molar-refractivity contribution in [1.82, 2.24) is 0 Å². The van der Waals surface area contributed by atoms with E-state index in [4.69, 9.17) is 9.47 Å². The number of para-hydroxylation sites is 1. The summed E-state index contributed by atoms with van der Waals surface area (Å²) in [6, 6.07) is 18.1. The van der Waals surface area contributed by atoms with Crippen LogP contribution in [0.1, 0.15) is 28.4 Å². The predicted octanol–water partition coefficient (Wildman–Crippen LogP) is 4.08. The molecule has 0 saturated carbocycles. The number of carbonyl (C=O) groups is 2. The van der Waals surface area contributed by atoms with E-state index < -0.39 is 28.0 Å². The average molecular weight is 495 g/mol. The summed E-state index contributed by atoms with van der Waals surface area (Å²) in [5.74, 6) is -0.884. The number of benzene rings is 3. The molecule has 9 heteroatoms. The van der Waals surface area contributed by atoms with Crippen LogP contribution in [-0.4, -0.2) is 39.5 Å². The maximum Gasteiger partial charge on any atom is 0.340 e. The molecule has 182 valence electrons. The highest BCUT2D eigenvalue weighted by molar-refractivity contribution is 7.92. The molecular weight excluding hydrogens is 468 g/mol. The first kappa shape index (κ1) is 24.3. The summed E-state index contributed by atoms with van der Waals surface area (Å²) in [5, 5.41) is 2.69. The van der Waals surface area contributed by atoms with Crippen molar-refractivity contribution in [2.75, 3.05) is 22.8 Å². The molecular formula is C26H26N2O6S. The first-order valence-corrected chi connectivity index (χ1v) is 12.6. The van der Waals surface area contributed by atoms with Crippen LogP contribution in [0, 0.1) is 13.8 Å². The zero-order valence-electron chi connectivity index (χ0n) is 19.6. The van der Waals surface area contributed by atoms with Gasteiger partial charge in [-0.05, 0) is 62.7 Å². The Morgan fingerprint density at radius 1 is 1.03 bits per heavy atom. The second-order valence-corrected chi connectivity index (χ2v) is 10.0. The Labute approximate surface area is 204 Å². The quantitative estimate of drug-likeness (QED) is 0.518. The number of anilines is 2. The zero-order chi connectivity index (χ0) is 25.2. The van der Waals surface area contributed by atoms with Gasteiger partial charge in [0.15, 0.2) is 6.10 Å². The van der Waals surface area contributed by atoms with Crippen LogP contribution in [0.2, 0.25) is 0 Å². The smallest absolute Gasteiger partial charge is 0.340 e. The molecule has 1 heterocycles. The largest absolute Gasteiger partial charge is 0.476 e. The highest BCUT2D eigenvalue weighted by atomic mass is 32.2. The van der Waals surface area contributed by atoms with E-state index in [0.29, 0.717) is 5.69 Å². The number of nitrogens with one attached hydrogen (secondary N) is 1. The van der Waals surface area contributed by atoms with Gasteiger partial charge in [0.05, 0.1) is 35.0 Å². The molecule has 1 aliphatic rings. The Kier molecular flexibility index (Phi) is 6.79. The molecule has 0 saturated heterocycles. The van der Waals surface area contributed by atoms with Crippen molar-refractivity contribution in [3.05, 3.63) is 83.4 Å². The summed E-state index contributed by atoms with van der Waals surface area (Å²) in [5.41, 5.74) is 2.59. The van der Waals surface area contributed by atoms with Gasteiger partial charge in [-0.25, -0.2) is 13.2 Å². The standard InChI is InChI=1S/C26H26N2O6S/c1-4-33-26(30)20-7-5-6-8-21(20)27-25(29)24-16-28(22-15-18(3)11-14-23(22)34-24)35(31,32)19-12-9-17(2)10-13-19/h5-15,24H,4,16H2,1-3H3,(H,27,29)/t24-/m1/s1. The van der Waals surface area contributed by atoms with Crippen LogP contribution in [0.5, 0.6) is 5.75 Å². The molecule has 0 radical (unpaired) electrons. The molecule has 35 heavy (non-hydrogen) atoms. The summed E-state index contributed by atoms with van der Waals surface area (Å²) in [6.45, 7) is 5.37. The number of aryl methyl sites for hydroxylation is 2. The molecule has 4 rings (SSSR count). The van der Waals surface area contributed by atoms with E-state index in [0.717, 1.165) is 11.1 Å². The Morgan fingerprint density at radius 2 is 1.71 bits per heavy atom. The van der Waals surface area contributed by atoms with Gasteiger partial charge in [-0.15, -0.1) is 0 Å². The predicted molar refractivity (Wildman–Crippen MR) is 132 cm³/mol. The first-order chi connectivity index (χ1) is 16.7. The van der Waals surface area contributed by atoms with Crippen molar-refractivity contribution in [2.24, 2.45) is 0 Å². The Bertz CT molecular complexity index is 1370. The minimum absolute atomic E-state index is 0.115. The number of amides is 1. The lowest BCUT2D eigenvalue weighted by Crippen LogP contribution is -2.49. The van der Waals surface area contributed by atoms with Crippen LogP contribution < -0.4 is 14.4 Å². The summed E-state index contributed by atoms with van der Waals surface area (Å²) >= 11 is 0. The van der Waals surface area contributed by atoms with Crippen molar-refractivity contribution < 1.29 is 27.5 Å². The van der Waals surface area contributed by atoms with Gasteiger partial charge in [-0.3, -0.25) is 9.10 Å². The van der Waals surface area contributed by atoms with Gasteiger partial charge in [-0.1, -0.05) is 35.9 Å². The Hall–Kier alpha value is -3.85. The number of carbonyl (C=O) groups excluding carboxylic acids is 2. The highest BCUT2D eigenvalue weighted by Crippen LogP contribution is 2.38. The van der Waals surface area contributed by atoms with E-state index >= 15 is 0 Å². The Balaban J connectivity index is 1.67. The molecule has 0 spiro atoms. The molecule has 0 bridgehead atoms. The number of fused-ring (bicyclic) bond motifs is 1. The third-order valence-electron chi connectivity index (χ3n) is 5.57. The number of sulfonamides is 1. The fourth-order valence-electron chi connectivity index (χ4n) is 3.76. The topological polar surface area (TPSA) is 102 Å². The molecule has 1 atom stereocenters. The number of hydrogen-bond donors (Lipinski definition) is 1. The molecule has 1 aliphatic heterocycles. The minimum Gasteiger partial charge on any atom is -0.476 e. The van der Waals surface area contributed by atoms with Gasteiger partial charge in [0.1, 0.15) is 5.75 Å². The number of rotatable bonds is 6. The lowest BCUT2D eigenvalue weighted by molar-refractivity contribution is -0.122. The molecule has 0 unspecified atom stereocenters. The number of nitrogens with zero attached hydrogens (tertiary/aromatic N) is 1. The molecule has 1 amide bonds. The SMILES string of the molecule is CCOC(=O)c1ccccc1NC(=O)[C@H]1CN(S(=O)(=O)c2ccc(C)cc2)c2cc(C)ccc2O1. The highest BCUT2D eigenvalue weighted by Gasteiger charge is 2.38. The Morgan fingerprint density at radius 3 is 2.43 bits per heavy atom. The third-order valence-corrected chi connectivity index (χ3v) is 7.36. The molecule has 0 fully saturated rings. The van der Waals surface area contributed by atoms with Gasteiger partial charge < -0.3 is 14.8 Å². The van der Waals surface area contributed by atoms with E-state index in [-0.39, 0.29) is 35.0 Å². The van der Waals surface area contributed by atoms with E-state index in [1.165, 1.54) is 4.31 Å². The van der Waals surface area contributed by atoms with Gasteiger partial charge >= 0.3 is 5.97 Å². The van der Waals surface area contributed by atoms with Crippen molar-refractivity contribution in [3.63, 3.8) is 0 Å². The van der Waals surface area contributed by atoms with Crippen LogP contribution in [0.4, 0.5) is 11.4 Å². The van der Waals surface area contributed by atoms with Gasteiger partial charge in [0, 0.05) is 0 Å². The molecule has 3 aromatic carbocycles. The normalized spacial score (nSPS) is 15.1. The molecule has 8 nitrogen and oxygen atoms in total. The summed E-state index contributed by atoms with van der Waals surface area (Å²) < 4.78 is 39.4. The number of hydrogen-bond acceptors (Lipinski definition) is 6. The van der Waals surface area contributed by atoms with E-state index in [2.05, 4.69) is 5.32 Å². The summed E-state index contributed by atoms with van der Waals surface area (Å²) in [6.07, 6.45) is -1.15. The molecule has 1 N–H and O–H groups in total. The summed E-state index contributed by atoms with van der Waals surface area (Å²) in [7, 11) is -3.98. The van der Waals surface area contributed by atoms with Crippen molar-refractivity contribution >= 4 is 33.3 Å². The van der Waals surface area contributed by atoms with Gasteiger partial charge in [-0.2, -0.15) is 0 Å². The van der Waals surface area contributed by atoms with Crippen LogP contribution >= 0.6 is 0 Å². The molecule has 0 aliphatic carbocycles. The zero-order valence-corrected chi connectivity index (χ0v) is 20.5. The lowest BCUT2D eigenvalue weighted by atomic mass is 10.1. The van der Waals surface area contributed by atoms with E-state index in [1.54, 1.807) is 73.7 Å². The van der Waals surface area contributed by atoms with Crippen LogP contribution in [-0.2, 0) is 19.6 Å². The third kappa shape index (κ3) is 5.00. The monoisotopic (exact) mass is 494 g/mol. The first-order valence-electron chi connectivity index (χ1n) is 11.1.